The lowest BCUT2D eigenvalue weighted by molar-refractivity contribution is 0.0925. The predicted octanol–water partition coefficient (Wildman–Crippen LogP) is 1.20. The van der Waals surface area contributed by atoms with Crippen molar-refractivity contribution in [3.8, 4) is 0 Å². The van der Waals surface area contributed by atoms with E-state index < -0.39 is 0 Å². The Bertz CT molecular complexity index is 231. The summed E-state index contributed by atoms with van der Waals surface area (Å²) in [5, 5.41) is 2.71. The van der Waals surface area contributed by atoms with E-state index in [1.807, 2.05) is 0 Å². The Morgan fingerprint density at radius 1 is 1.75 bits per heavy atom. The van der Waals surface area contributed by atoms with Crippen LogP contribution in [0.5, 0.6) is 0 Å². The zero-order valence-corrected chi connectivity index (χ0v) is 7.04. The Labute approximate surface area is 71.0 Å². The first kappa shape index (κ1) is 8.77. The van der Waals surface area contributed by atoms with Gasteiger partial charge in [-0.25, -0.2) is 4.98 Å². The van der Waals surface area contributed by atoms with Crippen molar-refractivity contribution in [1.82, 2.24) is 10.3 Å². The molecular formula is C8H12N2O2. The highest BCUT2D eigenvalue weighted by atomic mass is 16.3. The lowest BCUT2D eigenvalue weighted by Crippen LogP contribution is -2.23. The van der Waals surface area contributed by atoms with Crippen LogP contribution in [0, 0.1) is 0 Å². The van der Waals surface area contributed by atoms with E-state index in [0.717, 1.165) is 12.8 Å². The van der Waals surface area contributed by atoms with Crippen molar-refractivity contribution in [3.63, 3.8) is 0 Å². The minimum absolute atomic E-state index is 0.194. The van der Waals surface area contributed by atoms with Crippen LogP contribution in [0.3, 0.4) is 0 Å². The molecule has 0 aliphatic heterocycles. The Morgan fingerprint density at radius 2 is 2.58 bits per heavy atom. The van der Waals surface area contributed by atoms with Crippen LogP contribution in [0.25, 0.3) is 0 Å². The molecule has 0 spiro atoms. The molecule has 0 fully saturated rings. The molecule has 0 unspecified atom stereocenters. The van der Waals surface area contributed by atoms with Gasteiger partial charge < -0.3 is 9.73 Å². The number of hydrogen-bond donors (Lipinski definition) is 1. The summed E-state index contributed by atoms with van der Waals surface area (Å²) in [5.41, 5.74) is 0. The topological polar surface area (TPSA) is 55.1 Å². The first-order chi connectivity index (χ1) is 5.84. The van der Waals surface area contributed by atoms with Crippen LogP contribution in [-0.4, -0.2) is 17.4 Å². The Hall–Kier alpha value is -1.32. The van der Waals surface area contributed by atoms with Gasteiger partial charge in [0.05, 0.1) is 6.20 Å². The number of rotatable bonds is 4. The summed E-state index contributed by atoms with van der Waals surface area (Å²) in [6.45, 7) is 2.76. The molecule has 1 aromatic rings. The van der Waals surface area contributed by atoms with Gasteiger partial charge in [0, 0.05) is 6.54 Å². The lowest BCUT2D eigenvalue weighted by atomic mass is 10.3. The molecule has 0 aromatic carbocycles. The lowest BCUT2D eigenvalue weighted by Gasteiger charge is -1.99. The minimum atomic E-state index is -0.194. The summed E-state index contributed by atoms with van der Waals surface area (Å²) in [5.74, 6) is 0.0760. The van der Waals surface area contributed by atoms with Crippen LogP contribution < -0.4 is 5.32 Å². The molecule has 1 rings (SSSR count). The predicted molar refractivity (Wildman–Crippen MR) is 43.7 cm³/mol. The summed E-state index contributed by atoms with van der Waals surface area (Å²) < 4.78 is 4.80. The van der Waals surface area contributed by atoms with E-state index in [0.29, 0.717) is 6.54 Å². The Morgan fingerprint density at radius 3 is 3.17 bits per heavy atom. The first-order valence-corrected chi connectivity index (χ1v) is 4.01. The van der Waals surface area contributed by atoms with E-state index in [1.54, 1.807) is 0 Å². The maximum Gasteiger partial charge on any atom is 0.288 e. The molecule has 1 aromatic heterocycles. The third-order valence-electron chi connectivity index (χ3n) is 1.47. The number of hydrogen-bond acceptors (Lipinski definition) is 3. The maximum atomic E-state index is 11.1. The van der Waals surface area contributed by atoms with Gasteiger partial charge >= 0.3 is 0 Å². The number of oxazole rings is 1. The van der Waals surface area contributed by atoms with Gasteiger partial charge in [0.2, 0.25) is 5.76 Å². The van der Waals surface area contributed by atoms with Crippen LogP contribution in [0.2, 0.25) is 0 Å². The van der Waals surface area contributed by atoms with Crippen LogP contribution in [-0.2, 0) is 0 Å². The number of unbranched alkanes of at least 4 members (excludes halogenated alkanes) is 1. The molecule has 0 saturated heterocycles. The summed E-state index contributed by atoms with van der Waals surface area (Å²) in [6.07, 6.45) is 4.70. The summed E-state index contributed by atoms with van der Waals surface area (Å²) in [6, 6.07) is 0. The number of aromatic nitrogens is 1. The van der Waals surface area contributed by atoms with Crippen molar-refractivity contribution in [1.29, 1.82) is 0 Å². The molecule has 1 amide bonds. The summed E-state index contributed by atoms with van der Waals surface area (Å²) in [7, 11) is 0. The minimum Gasteiger partial charge on any atom is -0.438 e. The molecule has 4 nitrogen and oxygen atoms in total. The average Bonchev–Trinajstić information content (AvgIpc) is 2.56. The van der Waals surface area contributed by atoms with Crippen LogP contribution >= 0.6 is 0 Å². The van der Waals surface area contributed by atoms with Gasteiger partial charge in [-0.3, -0.25) is 4.79 Å². The van der Waals surface area contributed by atoms with Crippen LogP contribution in [0.1, 0.15) is 30.3 Å². The summed E-state index contributed by atoms with van der Waals surface area (Å²) in [4.78, 5) is 14.8. The van der Waals surface area contributed by atoms with Crippen molar-refractivity contribution in [2.45, 2.75) is 19.8 Å². The fraction of sp³-hybridized carbons (Fsp3) is 0.500. The standard InChI is InChI=1S/C8H12N2O2/c1-2-3-4-10-8(11)7-5-9-6-12-7/h5-6H,2-4H2,1H3,(H,10,11). The number of nitrogens with one attached hydrogen (secondary N) is 1. The van der Waals surface area contributed by atoms with E-state index in [2.05, 4.69) is 17.2 Å². The normalized spacial score (nSPS) is 9.75. The maximum absolute atomic E-state index is 11.1. The highest BCUT2D eigenvalue weighted by molar-refractivity contribution is 5.90. The van der Waals surface area contributed by atoms with Gasteiger partial charge in [-0.2, -0.15) is 0 Å². The van der Waals surface area contributed by atoms with Gasteiger partial charge in [0.25, 0.3) is 5.91 Å². The van der Waals surface area contributed by atoms with Gasteiger partial charge in [-0.15, -0.1) is 0 Å². The van der Waals surface area contributed by atoms with Gasteiger partial charge in [0.1, 0.15) is 0 Å². The van der Waals surface area contributed by atoms with Gasteiger partial charge in [0.15, 0.2) is 6.39 Å². The van der Waals surface area contributed by atoms with Crippen LogP contribution in [0.15, 0.2) is 17.0 Å². The van der Waals surface area contributed by atoms with Gasteiger partial charge in [-0.05, 0) is 6.42 Å². The third-order valence-corrected chi connectivity index (χ3v) is 1.47. The number of amides is 1. The third kappa shape index (κ3) is 2.38. The molecular weight excluding hydrogens is 156 g/mol. The van der Waals surface area contributed by atoms with Crippen molar-refractivity contribution in [2.24, 2.45) is 0 Å². The zero-order chi connectivity index (χ0) is 8.81. The van der Waals surface area contributed by atoms with E-state index in [9.17, 15) is 4.79 Å². The quantitative estimate of drug-likeness (QED) is 0.687. The molecule has 1 heterocycles. The number of nitrogens with zero attached hydrogens (tertiary/aromatic N) is 1. The molecule has 1 N–H and O–H groups in total. The Kier molecular flexibility index (Phi) is 3.32. The van der Waals surface area contributed by atoms with Crippen molar-refractivity contribution < 1.29 is 9.21 Å². The molecule has 66 valence electrons. The molecule has 4 heteroatoms. The number of carbonyl (C=O) groups is 1. The van der Waals surface area contributed by atoms with E-state index >= 15 is 0 Å². The molecule has 0 aliphatic carbocycles. The monoisotopic (exact) mass is 168 g/mol. The number of carbonyl (C=O) groups excluding carboxylic acids is 1. The summed E-state index contributed by atoms with van der Waals surface area (Å²) >= 11 is 0. The zero-order valence-electron chi connectivity index (χ0n) is 7.04. The van der Waals surface area contributed by atoms with E-state index in [4.69, 9.17) is 4.42 Å². The fourth-order valence-corrected chi connectivity index (χ4v) is 0.794. The highest BCUT2D eigenvalue weighted by Crippen LogP contribution is 1.95. The molecule has 12 heavy (non-hydrogen) atoms. The second kappa shape index (κ2) is 4.54. The fourth-order valence-electron chi connectivity index (χ4n) is 0.794. The SMILES string of the molecule is CCCCNC(=O)c1cnco1. The van der Waals surface area contributed by atoms with Crippen LogP contribution in [0.4, 0.5) is 0 Å². The molecule has 0 atom stereocenters. The average molecular weight is 168 g/mol. The van der Waals surface area contributed by atoms with Crippen molar-refractivity contribution >= 4 is 5.91 Å². The largest absolute Gasteiger partial charge is 0.438 e. The second-order valence-electron chi connectivity index (χ2n) is 2.48. The van der Waals surface area contributed by atoms with Crippen molar-refractivity contribution in [2.75, 3.05) is 6.54 Å². The van der Waals surface area contributed by atoms with E-state index in [1.165, 1.54) is 12.6 Å². The van der Waals surface area contributed by atoms with E-state index in [-0.39, 0.29) is 11.7 Å². The second-order valence-corrected chi connectivity index (χ2v) is 2.48. The first-order valence-electron chi connectivity index (χ1n) is 4.01. The Balaban J connectivity index is 2.30. The smallest absolute Gasteiger partial charge is 0.288 e. The van der Waals surface area contributed by atoms with Gasteiger partial charge in [-0.1, -0.05) is 13.3 Å². The van der Waals surface area contributed by atoms with Crippen molar-refractivity contribution in [3.05, 3.63) is 18.4 Å². The molecule has 0 aliphatic rings. The molecule has 0 saturated carbocycles. The molecule has 0 bridgehead atoms. The molecule has 0 radical (unpaired) electrons. The highest BCUT2D eigenvalue weighted by Gasteiger charge is 2.06.